The summed E-state index contributed by atoms with van der Waals surface area (Å²) >= 11 is 0. The zero-order valence-electron chi connectivity index (χ0n) is 6.36. The monoisotopic (exact) mass is 160 g/mol. The van der Waals surface area contributed by atoms with Gasteiger partial charge in [0, 0.05) is 18.0 Å². The number of nitrogens with zero attached hydrogens (tertiary/aromatic N) is 2. The van der Waals surface area contributed by atoms with Gasteiger partial charge in [0.1, 0.15) is 5.82 Å². The maximum atomic E-state index is 5.65. The standard InChI is InChI=1S/C8H8N4/c9-8-6(2-1-4-10-8)7-3-5-11-12-7/h1-5H,(H2,9,10)(H,11,12). The summed E-state index contributed by atoms with van der Waals surface area (Å²) < 4.78 is 0. The van der Waals surface area contributed by atoms with Crippen molar-refractivity contribution in [2.24, 2.45) is 0 Å². The Labute approximate surface area is 69.4 Å². The molecule has 0 aliphatic rings. The lowest BCUT2D eigenvalue weighted by atomic mass is 10.2. The molecule has 0 aromatic carbocycles. The summed E-state index contributed by atoms with van der Waals surface area (Å²) in [7, 11) is 0. The number of rotatable bonds is 1. The van der Waals surface area contributed by atoms with Gasteiger partial charge in [-0.15, -0.1) is 0 Å². The second-order valence-electron chi connectivity index (χ2n) is 2.40. The summed E-state index contributed by atoms with van der Waals surface area (Å²) in [6, 6.07) is 5.58. The van der Waals surface area contributed by atoms with Crippen molar-refractivity contribution < 1.29 is 0 Å². The Bertz CT molecular complexity index is 366. The van der Waals surface area contributed by atoms with Crippen LogP contribution in [0.4, 0.5) is 5.82 Å². The van der Waals surface area contributed by atoms with Crippen LogP contribution < -0.4 is 5.73 Å². The number of aromatic amines is 1. The van der Waals surface area contributed by atoms with Crippen LogP contribution in [0.1, 0.15) is 0 Å². The first-order valence-electron chi connectivity index (χ1n) is 3.58. The van der Waals surface area contributed by atoms with Crippen LogP contribution in [0.25, 0.3) is 11.3 Å². The van der Waals surface area contributed by atoms with Crippen molar-refractivity contribution in [3.05, 3.63) is 30.6 Å². The molecule has 2 aromatic rings. The summed E-state index contributed by atoms with van der Waals surface area (Å²) in [6.07, 6.45) is 3.41. The summed E-state index contributed by atoms with van der Waals surface area (Å²) in [6.45, 7) is 0. The highest BCUT2D eigenvalue weighted by atomic mass is 15.1. The van der Waals surface area contributed by atoms with Crippen molar-refractivity contribution in [3.8, 4) is 11.3 Å². The highest BCUT2D eigenvalue weighted by Crippen LogP contribution is 2.20. The van der Waals surface area contributed by atoms with Gasteiger partial charge < -0.3 is 5.73 Å². The molecule has 0 radical (unpaired) electrons. The average molecular weight is 160 g/mol. The van der Waals surface area contributed by atoms with Gasteiger partial charge in [-0.3, -0.25) is 5.10 Å². The minimum Gasteiger partial charge on any atom is -0.383 e. The lowest BCUT2D eigenvalue weighted by Crippen LogP contribution is -1.92. The Morgan fingerprint density at radius 3 is 2.92 bits per heavy atom. The van der Waals surface area contributed by atoms with E-state index in [2.05, 4.69) is 15.2 Å². The molecule has 0 amide bonds. The van der Waals surface area contributed by atoms with E-state index in [1.165, 1.54) is 0 Å². The molecule has 3 N–H and O–H groups in total. The van der Waals surface area contributed by atoms with Gasteiger partial charge in [-0.1, -0.05) is 0 Å². The fourth-order valence-electron chi connectivity index (χ4n) is 1.04. The second-order valence-corrected chi connectivity index (χ2v) is 2.40. The molecule has 0 aliphatic carbocycles. The van der Waals surface area contributed by atoms with Crippen LogP contribution >= 0.6 is 0 Å². The highest BCUT2D eigenvalue weighted by molar-refractivity contribution is 5.69. The first-order valence-corrected chi connectivity index (χ1v) is 3.58. The van der Waals surface area contributed by atoms with Crippen molar-refractivity contribution in [3.63, 3.8) is 0 Å². The number of hydrogen-bond donors (Lipinski definition) is 2. The van der Waals surface area contributed by atoms with Crippen LogP contribution in [0.2, 0.25) is 0 Å². The number of nitrogen functional groups attached to an aromatic ring is 1. The Balaban J connectivity index is 2.55. The molecule has 2 heterocycles. The molecular weight excluding hydrogens is 152 g/mol. The maximum Gasteiger partial charge on any atom is 0.132 e. The molecule has 0 atom stereocenters. The Morgan fingerprint density at radius 2 is 2.25 bits per heavy atom. The minimum absolute atomic E-state index is 0.504. The normalized spacial score (nSPS) is 10.0. The molecule has 0 saturated heterocycles. The van der Waals surface area contributed by atoms with Gasteiger partial charge >= 0.3 is 0 Å². The fraction of sp³-hybridized carbons (Fsp3) is 0. The third-order valence-electron chi connectivity index (χ3n) is 1.62. The first-order chi connectivity index (χ1) is 5.88. The van der Waals surface area contributed by atoms with Crippen LogP contribution in [0.15, 0.2) is 30.6 Å². The molecule has 4 heteroatoms. The number of nitrogens with one attached hydrogen (secondary N) is 1. The fourth-order valence-corrected chi connectivity index (χ4v) is 1.04. The molecule has 0 fully saturated rings. The van der Waals surface area contributed by atoms with Crippen LogP contribution in [0.5, 0.6) is 0 Å². The van der Waals surface area contributed by atoms with Crippen molar-refractivity contribution in [2.45, 2.75) is 0 Å². The Morgan fingerprint density at radius 1 is 1.33 bits per heavy atom. The molecule has 2 rings (SSSR count). The second kappa shape index (κ2) is 2.65. The van der Waals surface area contributed by atoms with Crippen molar-refractivity contribution in [1.29, 1.82) is 0 Å². The van der Waals surface area contributed by atoms with Gasteiger partial charge in [0.15, 0.2) is 0 Å². The highest BCUT2D eigenvalue weighted by Gasteiger charge is 2.02. The van der Waals surface area contributed by atoms with Gasteiger partial charge in [-0.25, -0.2) is 4.98 Å². The van der Waals surface area contributed by atoms with Crippen molar-refractivity contribution >= 4 is 5.82 Å². The molecule has 2 aromatic heterocycles. The van der Waals surface area contributed by atoms with Gasteiger partial charge in [0.25, 0.3) is 0 Å². The van der Waals surface area contributed by atoms with Crippen molar-refractivity contribution in [2.75, 3.05) is 5.73 Å². The largest absolute Gasteiger partial charge is 0.383 e. The zero-order valence-corrected chi connectivity index (χ0v) is 6.36. The average Bonchev–Trinajstić information content (AvgIpc) is 2.57. The lowest BCUT2D eigenvalue weighted by Gasteiger charge is -1.98. The van der Waals surface area contributed by atoms with E-state index < -0.39 is 0 Å². The van der Waals surface area contributed by atoms with Crippen LogP contribution in [-0.2, 0) is 0 Å². The van der Waals surface area contributed by atoms with E-state index in [1.54, 1.807) is 12.4 Å². The minimum atomic E-state index is 0.504. The van der Waals surface area contributed by atoms with E-state index in [9.17, 15) is 0 Å². The molecule has 0 spiro atoms. The Kier molecular flexibility index (Phi) is 1.51. The molecule has 0 unspecified atom stereocenters. The van der Waals surface area contributed by atoms with E-state index in [0.717, 1.165) is 11.3 Å². The lowest BCUT2D eigenvalue weighted by molar-refractivity contribution is 1.09. The van der Waals surface area contributed by atoms with Crippen molar-refractivity contribution in [1.82, 2.24) is 15.2 Å². The number of nitrogens with two attached hydrogens (primary N) is 1. The molecule has 60 valence electrons. The van der Waals surface area contributed by atoms with E-state index in [1.807, 2.05) is 18.2 Å². The van der Waals surface area contributed by atoms with Gasteiger partial charge in [0.2, 0.25) is 0 Å². The van der Waals surface area contributed by atoms with Crippen LogP contribution in [0.3, 0.4) is 0 Å². The molecule has 0 aliphatic heterocycles. The number of pyridine rings is 1. The molecule has 0 bridgehead atoms. The quantitative estimate of drug-likeness (QED) is 0.655. The maximum absolute atomic E-state index is 5.65. The van der Waals surface area contributed by atoms with Gasteiger partial charge in [-0.2, -0.15) is 5.10 Å². The summed E-state index contributed by atoms with van der Waals surface area (Å²) in [4.78, 5) is 3.96. The molecular formula is C8H8N4. The van der Waals surface area contributed by atoms with E-state index in [4.69, 9.17) is 5.73 Å². The van der Waals surface area contributed by atoms with E-state index in [-0.39, 0.29) is 0 Å². The predicted octanol–water partition coefficient (Wildman–Crippen LogP) is 1.05. The van der Waals surface area contributed by atoms with Crippen LogP contribution in [0, 0.1) is 0 Å². The first kappa shape index (κ1) is 6.84. The summed E-state index contributed by atoms with van der Waals surface area (Å²) in [5.41, 5.74) is 7.33. The molecule has 0 saturated carbocycles. The third kappa shape index (κ3) is 1.03. The van der Waals surface area contributed by atoms with Crippen LogP contribution in [-0.4, -0.2) is 15.2 Å². The zero-order chi connectivity index (χ0) is 8.39. The van der Waals surface area contributed by atoms with Gasteiger partial charge in [0.05, 0.1) is 5.69 Å². The summed E-state index contributed by atoms with van der Waals surface area (Å²) in [5, 5.41) is 6.72. The van der Waals surface area contributed by atoms with Gasteiger partial charge in [-0.05, 0) is 18.2 Å². The number of hydrogen-bond acceptors (Lipinski definition) is 3. The van der Waals surface area contributed by atoms with E-state index >= 15 is 0 Å². The Hall–Kier alpha value is -1.84. The molecule has 4 nitrogen and oxygen atoms in total. The topological polar surface area (TPSA) is 67.6 Å². The smallest absolute Gasteiger partial charge is 0.132 e. The SMILES string of the molecule is Nc1ncccc1-c1cc[nH]n1. The number of H-pyrrole nitrogens is 1. The molecule has 12 heavy (non-hydrogen) atoms. The number of anilines is 1. The summed E-state index contributed by atoms with van der Waals surface area (Å²) in [5.74, 6) is 0.504. The third-order valence-corrected chi connectivity index (χ3v) is 1.62. The predicted molar refractivity (Wildman–Crippen MR) is 46.2 cm³/mol. The van der Waals surface area contributed by atoms with E-state index in [0.29, 0.717) is 5.82 Å². The number of aromatic nitrogens is 3.